The second kappa shape index (κ2) is 8.91. The van der Waals surface area contributed by atoms with Gasteiger partial charge in [0.05, 0.1) is 22.4 Å². The molecule has 1 aliphatic heterocycles. The topological polar surface area (TPSA) is 128 Å². The molecule has 31 heavy (non-hydrogen) atoms. The highest BCUT2D eigenvalue weighted by molar-refractivity contribution is 5.81. The number of hydrogen-bond acceptors (Lipinski definition) is 6. The van der Waals surface area contributed by atoms with Crippen molar-refractivity contribution in [3.05, 3.63) is 38.9 Å². The van der Waals surface area contributed by atoms with E-state index in [0.717, 1.165) is 19.4 Å². The Morgan fingerprint density at radius 1 is 1.26 bits per heavy atom. The summed E-state index contributed by atoms with van der Waals surface area (Å²) in [5, 5.41) is 13.9. The largest absolute Gasteiger partial charge is 0.419 e. The molecule has 1 saturated carbocycles. The van der Waals surface area contributed by atoms with Crippen molar-refractivity contribution in [3.8, 4) is 0 Å². The Labute approximate surface area is 178 Å². The second-order valence-electron chi connectivity index (χ2n) is 8.40. The SMILES string of the molecule is O=C(NCC1CC1)C1CCCN(C(=O)CCCn2c(=O)oc3cc([N+](=O)[O-])ccc32)C1. The molecule has 1 aromatic carbocycles. The summed E-state index contributed by atoms with van der Waals surface area (Å²) < 4.78 is 6.50. The molecule has 0 spiro atoms. The lowest BCUT2D eigenvalue weighted by Crippen LogP contribution is -2.45. The van der Waals surface area contributed by atoms with Crippen molar-refractivity contribution < 1.29 is 18.9 Å². The number of carbonyl (C=O) groups is 2. The van der Waals surface area contributed by atoms with Gasteiger partial charge in [0.1, 0.15) is 0 Å². The molecule has 1 aromatic heterocycles. The summed E-state index contributed by atoms with van der Waals surface area (Å²) in [6, 6.07) is 4.03. The molecule has 2 aromatic rings. The van der Waals surface area contributed by atoms with Crippen LogP contribution in [0.2, 0.25) is 0 Å². The third kappa shape index (κ3) is 4.95. The van der Waals surface area contributed by atoms with Gasteiger partial charge in [0, 0.05) is 38.7 Å². The van der Waals surface area contributed by atoms with Gasteiger partial charge < -0.3 is 14.6 Å². The van der Waals surface area contributed by atoms with Crippen LogP contribution < -0.4 is 11.1 Å². The highest BCUT2D eigenvalue weighted by Crippen LogP contribution is 2.28. The maximum absolute atomic E-state index is 12.6. The molecular formula is C21H26N4O6. The number of nitro groups is 1. The summed E-state index contributed by atoms with van der Waals surface area (Å²) in [5.74, 6) is -0.133. The van der Waals surface area contributed by atoms with Crippen molar-refractivity contribution in [2.24, 2.45) is 11.8 Å². The van der Waals surface area contributed by atoms with Gasteiger partial charge in [-0.25, -0.2) is 4.79 Å². The number of nitrogens with one attached hydrogen (secondary N) is 1. The fourth-order valence-electron chi connectivity index (χ4n) is 4.06. The minimum Gasteiger partial charge on any atom is -0.407 e. The Morgan fingerprint density at radius 2 is 2.06 bits per heavy atom. The van der Waals surface area contributed by atoms with Gasteiger partial charge in [0.25, 0.3) is 5.69 Å². The fraction of sp³-hybridized carbons (Fsp3) is 0.571. The fourth-order valence-corrected chi connectivity index (χ4v) is 4.06. The number of oxazole rings is 1. The quantitative estimate of drug-likeness (QED) is 0.504. The lowest BCUT2D eigenvalue weighted by Gasteiger charge is -2.32. The van der Waals surface area contributed by atoms with Crippen molar-refractivity contribution in [2.45, 2.75) is 45.1 Å². The van der Waals surface area contributed by atoms with Crippen LogP contribution in [0.25, 0.3) is 11.1 Å². The number of non-ortho nitro benzene ring substituents is 1. The van der Waals surface area contributed by atoms with Crippen molar-refractivity contribution in [1.29, 1.82) is 0 Å². The number of amides is 2. The van der Waals surface area contributed by atoms with Crippen molar-refractivity contribution in [3.63, 3.8) is 0 Å². The number of nitro benzene ring substituents is 1. The molecule has 166 valence electrons. The Kier molecular flexibility index (Phi) is 6.06. The van der Waals surface area contributed by atoms with Crippen LogP contribution in [0.3, 0.4) is 0 Å². The Balaban J connectivity index is 1.30. The Bertz CT molecular complexity index is 1050. The molecular weight excluding hydrogens is 404 g/mol. The van der Waals surface area contributed by atoms with E-state index in [0.29, 0.717) is 30.9 Å². The summed E-state index contributed by atoms with van der Waals surface area (Å²) in [6.45, 7) is 2.09. The van der Waals surface area contributed by atoms with Gasteiger partial charge in [0.2, 0.25) is 11.8 Å². The van der Waals surface area contributed by atoms with Gasteiger partial charge in [-0.15, -0.1) is 0 Å². The predicted molar refractivity (Wildman–Crippen MR) is 111 cm³/mol. The van der Waals surface area contributed by atoms with E-state index < -0.39 is 10.7 Å². The number of aromatic nitrogens is 1. The molecule has 2 amide bonds. The van der Waals surface area contributed by atoms with Crippen molar-refractivity contribution in [1.82, 2.24) is 14.8 Å². The third-order valence-corrected chi connectivity index (χ3v) is 6.04. The maximum atomic E-state index is 12.6. The van der Waals surface area contributed by atoms with Gasteiger partial charge in [-0.05, 0) is 44.1 Å². The van der Waals surface area contributed by atoms with E-state index in [9.17, 15) is 24.5 Å². The summed E-state index contributed by atoms with van der Waals surface area (Å²) >= 11 is 0. The Morgan fingerprint density at radius 3 is 2.81 bits per heavy atom. The number of carbonyl (C=O) groups excluding carboxylic acids is 2. The number of rotatable bonds is 8. The van der Waals surface area contributed by atoms with Crippen LogP contribution in [-0.4, -0.2) is 45.8 Å². The first-order valence-electron chi connectivity index (χ1n) is 10.8. The standard InChI is InChI=1S/C21H26N4O6/c26-19(23-9-1-3-15(13-23)20(27)22-12-14-5-6-14)4-2-10-24-17-8-7-16(25(29)30)11-18(17)31-21(24)28/h7-8,11,14-15H,1-6,9-10,12-13H2,(H,22,27). The lowest BCUT2D eigenvalue weighted by molar-refractivity contribution is -0.384. The highest BCUT2D eigenvalue weighted by Gasteiger charge is 2.29. The molecule has 2 aliphatic rings. The maximum Gasteiger partial charge on any atom is 0.419 e. The summed E-state index contributed by atoms with van der Waals surface area (Å²) in [7, 11) is 0. The van der Waals surface area contributed by atoms with Crippen LogP contribution in [0.1, 0.15) is 38.5 Å². The predicted octanol–water partition coefficient (Wildman–Crippen LogP) is 2.05. The zero-order valence-corrected chi connectivity index (χ0v) is 17.2. The monoisotopic (exact) mass is 430 g/mol. The molecule has 1 atom stereocenters. The van der Waals surface area contributed by atoms with Crippen LogP contribution >= 0.6 is 0 Å². The van der Waals surface area contributed by atoms with E-state index in [1.54, 1.807) is 4.90 Å². The van der Waals surface area contributed by atoms with E-state index in [-0.39, 0.29) is 42.0 Å². The van der Waals surface area contributed by atoms with Crippen molar-refractivity contribution >= 4 is 28.6 Å². The van der Waals surface area contributed by atoms with E-state index in [1.165, 1.54) is 35.6 Å². The van der Waals surface area contributed by atoms with Gasteiger partial charge in [-0.1, -0.05) is 0 Å². The van der Waals surface area contributed by atoms with Crippen LogP contribution in [0.15, 0.2) is 27.4 Å². The molecule has 10 nitrogen and oxygen atoms in total. The minimum atomic E-state index is -0.603. The summed E-state index contributed by atoms with van der Waals surface area (Å²) in [5.41, 5.74) is 0.472. The van der Waals surface area contributed by atoms with Gasteiger partial charge in [0.15, 0.2) is 5.58 Å². The second-order valence-corrected chi connectivity index (χ2v) is 8.40. The average molecular weight is 430 g/mol. The zero-order chi connectivity index (χ0) is 22.0. The first kappa shape index (κ1) is 21.1. The molecule has 0 bridgehead atoms. The molecule has 1 saturated heterocycles. The number of piperidine rings is 1. The number of aryl methyl sites for hydroxylation is 1. The molecule has 1 N–H and O–H groups in total. The molecule has 2 fully saturated rings. The molecule has 1 unspecified atom stereocenters. The number of benzene rings is 1. The lowest BCUT2D eigenvalue weighted by atomic mass is 9.96. The molecule has 0 radical (unpaired) electrons. The number of fused-ring (bicyclic) bond motifs is 1. The van der Waals surface area contributed by atoms with Crippen LogP contribution in [0.4, 0.5) is 5.69 Å². The van der Waals surface area contributed by atoms with Gasteiger partial charge in [-0.3, -0.25) is 24.3 Å². The highest BCUT2D eigenvalue weighted by atomic mass is 16.6. The van der Waals surface area contributed by atoms with E-state index >= 15 is 0 Å². The zero-order valence-electron chi connectivity index (χ0n) is 17.2. The van der Waals surface area contributed by atoms with E-state index in [4.69, 9.17) is 4.42 Å². The first-order chi connectivity index (χ1) is 14.9. The van der Waals surface area contributed by atoms with E-state index in [2.05, 4.69) is 5.32 Å². The average Bonchev–Trinajstić information content (AvgIpc) is 3.54. The van der Waals surface area contributed by atoms with Crippen LogP contribution in [0, 0.1) is 22.0 Å². The van der Waals surface area contributed by atoms with Crippen LogP contribution in [0.5, 0.6) is 0 Å². The Hall–Kier alpha value is -3.17. The minimum absolute atomic E-state index is 0.0313. The molecule has 10 heteroatoms. The van der Waals surface area contributed by atoms with Crippen molar-refractivity contribution in [2.75, 3.05) is 19.6 Å². The van der Waals surface area contributed by atoms with Gasteiger partial charge >= 0.3 is 5.76 Å². The molecule has 1 aliphatic carbocycles. The number of hydrogen-bond donors (Lipinski definition) is 1. The smallest absolute Gasteiger partial charge is 0.407 e. The number of likely N-dealkylation sites (tertiary alicyclic amines) is 1. The van der Waals surface area contributed by atoms with Crippen LogP contribution in [-0.2, 0) is 16.1 Å². The van der Waals surface area contributed by atoms with Gasteiger partial charge in [-0.2, -0.15) is 0 Å². The molecule has 4 rings (SSSR count). The summed E-state index contributed by atoms with van der Waals surface area (Å²) in [6.07, 6.45) is 4.64. The van der Waals surface area contributed by atoms with E-state index in [1.807, 2.05) is 0 Å². The number of nitrogens with zero attached hydrogens (tertiary/aromatic N) is 3. The molecule has 2 heterocycles. The normalized spacial score (nSPS) is 18.8. The third-order valence-electron chi connectivity index (χ3n) is 6.04. The first-order valence-corrected chi connectivity index (χ1v) is 10.8. The summed E-state index contributed by atoms with van der Waals surface area (Å²) in [4.78, 5) is 49.2.